The van der Waals surface area contributed by atoms with E-state index in [4.69, 9.17) is 4.42 Å². The summed E-state index contributed by atoms with van der Waals surface area (Å²) in [6.07, 6.45) is 1.63. The molecule has 0 fully saturated rings. The quantitative estimate of drug-likeness (QED) is 0.382. The van der Waals surface area contributed by atoms with Crippen LogP contribution in [0.15, 0.2) is 76.5 Å². The van der Waals surface area contributed by atoms with Gasteiger partial charge in [0.15, 0.2) is 11.0 Å². The van der Waals surface area contributed by atoms with E-state index in [0.29, 0.717) is 17.5 Å². The number of aromatic nitrogens is 3. The van der Waals surface area contributed by atoms with Gasteiger partial charge in [-0.15, -0.1) is 10.2 Å². The molecule has 2 heterocycles. The summed E-state index contributed by atoms with van der Waals surface area (Å²) in [6, 6.07) is 17.8. The summed E-state index contributed by atoms with van der Waals surface area (Å²) >= 11 is 1.32. The van der Waals surface area contributed by atoms with Crippen LogP contribution in [0.3, 0.4) is 0 Å². The number of carbonyl (C=O) groups excluding carboxylic acids is 1. The van der Waals surface area contributed by atoms with Crippen LogP contribution in [-0.2, 0) is 11.3 Å². The minimum Gasteiger partial charge on any atom is -0.469 e. The number of thioether (sulfide) groups is 1. The standard InChI is InChI=1S/C24H23FN4O2S/c1-16(19-8-10-20(25)11-9-19)26-22(30)15-32-24-28-27-23(21-12-13-31-17(21)2)29(24)14-18-6-4-3-5-7-18/h3-13,16H,14-15H2,1-2H3,(H,26,30). The van der Waals surface area contributed by atoms with E-state index in [1.165, 1.54) is 23.9 Å². The maximum atomic E-state index is 13.1. The SMILES string of the molecule is Cc1occc1-c1nnc(SCC(=O)NC(C)c2ccc(F)cc2)n1Cc1ccccc1. The molecule has 1 amide bonds. The van der Waals surface area contributed by atoms with E-state index in [0.717, 1.165) is 22.5 Å². The Morgan fingerprint density at radius 3 is 2.56 bits per heavy atom. The number of carbonyl (C=O) groups is 1. The van der Waals surface area contributed by atoms with Crippen molar-refractivity contribution in [1.82, 2.24) is 20.1 Å². The number of amides is 1. The summed E-state index contributed by atoms with van der Waals surface area (Å²) in [5.41, 5.74) is 2.82. The molecule has 6 nitrogen and oxygen atoms in total. The summed E-state index contributed by atoms with van der Waals surface area (Å²) in [6.45, 7) is 4.32. The van der Waals surface area contributed by atoms with Crippen molar-refractivity contribution < 1.29 is 13.6 Å². The minimum absolute atomic E-state index is 0.137. The van der Waals surface area contributed by atoms with Crippen LogP contribution in [0.1, 0.15) is 29.9 Å². The van der Waals surface area contributed by atoms with Crippen LogP contribution < -0.4 is 5.32 Å². The molecule has 1 unspecified atom stereocenters. The average molecular weight is 451 g/mol. The molecule has 0 spiro atoms. The van der Waals surface area contributed by atoms with E-state index >= 15 is 0 Å². The molecule has 4 aromatic rings. The number of aryl methyl sites for hydroxylation is 1. The fourth-order valence-corrected chi connectivity index (χ4v) is 4.12. The van der Waals surface area contributed by atoms with Crippen LogP contribution in [0.4, 0.5) is 4.39 Å². The van der Waals surface area contributed by atoms with E-state index in [2.05, 4.69) is 15.5 Å². The molecular weight excluding hydrogens is 427 g/mol. The first-order valence-electron chi connectivity index (χ1n) is 10.2. The molecule has 0 saturated heterocycles. The molecule has 2 aromatic carbocycles. The van der Waals surface area contributed by atoms with Gasteiger partial charge in [0.25, 0.3) is 0 Å². The van der Waals surface area contributed by atoms with Gasteiger partial charge in [-0.3, -0.25) is 9.36 Å². The van der Waals surface area contributed by atoms with Crippen molar-refractivity contribution in [1.29, 1.82) is 0 Å². The van der Waals surface area contributed by atoms with E-state index in [9.17, 15) is 9.18 Å². The lowest BCUT2D eigenvalue weighted by Gasteiger charge is -2.14. The number of rotatable bonds is 8. The number of hydrogen-bond donors (Lipinski definition) is 1. The van der Waals surface area contributed by atoms with Gasteiger partial charge in [0.1, 0.15) is 11.6 Å². The average Bonchev–Trinajstić information content (AvgIpc) is 3.39. The summed E-state index contributed by atoms with van der Waals surface area (Å²) < 4.78 is 20.6. The van der Waals surface area contributed by atoms with Gasteiger partial charge in [0.2, 0.25) is 5.91 Å². The summed E-state index contributed by atoms with van der Waals surface area (Å²) in [7, 11) is 0. The molecule has 4 rings (SSSR count). The Hall–Kier alpha value is -3.39. The van der Waals surface area contributed by atoms with Crippen molar-refractivity contribution in [2.75, 3.05) is 5.75 Å². The van der Waals surface area contributed by atoms with Crippen molar-refractivity contribution >= 4 is 17.7 Å². The first-order valence-corrected chi connectivity index (χ1v) is 11.2. The van der Waals surface area contributed by atoms with Crippen molar-refractivity contribution in [3.8, 4) is 11.4 Å². The van der Waals surface area contributed by atoms with Gasteiger partial charge in [-0.25, -0.2) is 4.39 Å². The Morgan fingerprint density at radius 2 is 1.88 bits per heavy atom. The van der Waals surface area contributed by atoms with Gasteiger partial charge in [0.05, 0.1) is 30.2 Å². The first kappa shape index (κ1) is 21.8. The smallest absolute Gasteiger partial charge is 0.230 e. The molecule has 0 aliphatic carbocycles. The fraction of sp³-hybridized carbons (Fsp3) is 0.208. The van der Waals surface area contributed by atoms with Gasteiger partial charge in [-0.1, -0.05) is 54.2 Å². The van der Waals surface area contributed by atoms with Crippen molar-refractivity contribution in [3.63, 3.8) is 0 Å². The number of hydrogen-bond acceptors (Lipinski definition) is 5. The molecule has 0 aliphatic rings. The normalized spacial score (nSPS) is 12.0. The van der Waals surface area contributed by atoms with Gasteiger partial charge in [-0.2, -0.15) is 0 Å². The Balaban J connectivity index is 1.49. The number of nitrogens with one attached hydrogen (secondary N) is 1. The molecule has 8 heteroatoms. The van der Waals surface area contributed by atoms with Crippen molar-refractivity contribution in [2.24, 2.45) is 0 Å². The molecule has 32 heavy (non-hydrogen) atoms. The molecule has 2 aromatic heterocycles. The van der Waals surface area contributed by atoms with Gasteiger partial charge in [0, 0.05) is 0 Å². The van der Waals surface area contributed by atoms with Crippen LogP contribution >= 0.6 is 11.8 Å². The lowest BCUT2D eigenvalue weighted by molar-refractivity contribution is -0.119. The van der Waals surface area contributed by atoms with Crippen molar-refractivity contribution in [3.05, 3.63) is 89.6 Å². The Bertz CT molecular complexity index is 1190. The molecule has 0 aliphatic heterocycles. The number of furan rings is 1. The van der Waals surface area contributed by atoms with E-state index < -0.39 is 0 Å². The highest BCUT2D eigenvalue weighted by Crippen LogP contribution is 2.28. The van der Waals surface area contributed by atoms with Crippen LogP contribution in [0.25, 0.3) is 11.4 Å². The second kappa shape index (κ2) is 9.82. The van der Waals surface area contributed by atoms with Crippen LogP contribution in [0, 0.1) is 12.7 Å². The molecule has 1 atom stereocenters. The largest absolute Gasteiger partial charge is 0.469 e. The van der Waals surface area contributed by atoms with E-state index in [-0.39, 0.29) is 23.5 Å². The molecule has 164 valence electrons. The molecule has 0 radical (unpaired) electrons. The zero-order chi connectivity index (χ0) is 22.5. The maximum Gasteiger partial charge on any atom is 0.230 e. The lowest BCUT2D eigenvalue weighted by atomic mass is 10.1. The summed E-state index contributed by atoms with van der Waals surface area (Å²) in [5.74, 6) is 1.20. The Morgan fingerprint density at radius 1 is 1.12 bits per heavy atom. The highest BCUT2D eigenvalue weighted by atomic mass is 32.2. The third-order valence-electron chi connectivity index (χ3n) is 5.08. The topological polar surface area (TPSA) is 72.9 Å². The zero-order valence-electron chi connectivity index (χ0n) is 17.8. The maximum absolute atomic E-state index is 13.1. The lowest BCUT2D eigenvalue weighted by Crippen LogP contribution is -2.28. The van der Waals surface area contributed by atoms with Gasteiger partial charge >= 0.3 is 0 Å². The summed E-state index contributed by atoms with van der Waals surface area (Å²) in [4.78, 5) is 12.5. The number of halogens is 1. The molecule has 0 bridgehead atoms. The third kappa shape index (κ3) is 5.08. The summed E-state index contributed by atoms with van der Waals surface area (Å²) in [5, 5.41) is 12.3. The molecule has 1 N–H and O–H groups in total. The monoisotopic (exact) mass is 450 g/mol. The second-order valence-electron chi connectivity index (χ2n) is 7.40. The predicted molar refractivity (Wildman–Crippen MR) is 122 cm³/mol. The fourth-order valence-electron chi connectivity index (χ4n) is 3.37. The highest BCUT2D eigenvalue weighted by Gasteiger charge is 2.19. The van der Waals surface area contributed by atoms with Crippen molar-refractivity contribution in [2.45, 2.75) is 31.6 Å². The highest BCUT2D eigenvalue weighted by molar-refractivity contribution is 7.99. The van der Waals surface area contributed by atoms with Crippen LogP contribution in [0.2, 0.25) is 0 Å². The number of benzene rings is 2. The third-order valence-corrected chi connectivity index (χ3v) is 6.05. The number of nitrogens with zero attached hydrogens (tertiary/aromatic N) is 3. The molecule has 0 saturated carbocycles. The molecular formula is C24H23FN4O2S. The Kier molecular flexibility index (Phi) is 6.70. The predicted octanol–water partition coefficient (Wildman–Crippen LogP) is 5.00. The van der Waals surface area contributed by atoms with Gasteiger partial charge in [-0.05, 0) is 43.2 Å². The zero-order valence-corrected chi connectivity index (χ0v) is 18.6. The van der Waals surface area contributed by atoms with E-state index in [1.54, 1.807) is 18.4 Å². The minimum atomic E-state index is -0.302. The van der Waals surface area contributed by atoms with Crippen LogP contribution in [-0.4, -0.2) is 26.4 Å². The van der Waals surface area contributed by atoms with Gasteiger partial charge < -0.3 is 9.73 Å². The van der Waals surface area contributed by atoms with Crippen LogP contribution in [0.5, 0.6) is 0 Å². The second-order valence-corrected chi connectivity index (χ2v) is 8.34. The Labute approximate surface area is 189 Å². The van der Waals surface area contributed by atoms with E-state index in [1.807, 2.05) is 54.8 Å². The first-order chi connectivity index (χ1) is 15.5.